The summed E-state index contributed by atoms with van der Waals surface area (Å²) in [5, 5.41) is 0. The maximum absolute atomic E-state index is 10.4. The molecule has 48 valence electrons. The van der Waals surface area contributed by atoms with Crippen LogP contribution >= 0.6 is 12.4 Å². The number of Topliss-reactive ketones (excluding diaryl/α,β-unsaturated/α-hetero) is 1. The Kier molecular flexibility index (Phi) is 3.06. The van der Waals surface area contributed by atoms with Gasteiger partial charge in [0.25, 0.3) is 0 Å². The zero-order valence-corrected chi connectivity index (χ0v) is 5.83. The van der Waals surface area contributed by atoms with Gasteiger partial charge in [-0.15, -0.1) is 12.4 Å². The van der Waals surface area contributed by atoms with E-state index in [1.807, 2.05) is 0 Å². The Morgan fingerprint density at radius 2 is 2.00 bits per heavy atom. The first-order chi connectivity index (χ1) is 3.30. The van der Waals surface area contributed by atoms with Crippen LogP contribution in [0.4, 0.5) is 0 Å². The van der Waals surface area contributed by atoms with Gasteiger partial charge in [0.2, 0.25) is 0 Å². The minimum absolute atomic E-state index is 0. The van der Waals surface area contributed by atoms with Crippen molar-refractivity contribution in [2.24, 2.45) is 5.92 Å². The summed E-state index contributed by atoms with van der Waals surface area (Å²) in [6, 6.07) is 0. The summed E-state index contributed by atoms with van der Waals surface area (Å²) < 4.78 is 0. The lowest BCUT2D eigenvalue weighted by atomic mass is 9.83. The molecule has 1 rings (SSSR count). The standard InChI is InChI=1S/C6H10O.ClH/c1-5(7)6-3-2-4-6;/h6H,2-4H2,1H3;1H. The van der Waals surface area contributed by atoms with Gasteiger partial charge in [-0.25, -0.2) is 0 Å². The van der Waals surface area contributed by atoms with Crippen LogP contribution in [-0.2, 0) is 4.79 Å². The third kappa shape index (κ3) is 1.48. The Balaban J connectivity index is 0.000000490. The summed E-state index contributed by atoms with van der Waals surface area (Å²) in [7, 11) is 0. The molecular formula is C6H11ClO. The number of rotatable bonds is 1. The van der Waals surface area contributed by atoms with Gasteiger partial charge >= 0.3 is 0 Å². The third-order valence-electron chi connectivity index (χ3n) is 1.68. The molecule has 0 aliphatic heterocycles. The number of hydrogen-bond acceptors (Lipinski definition) is 1. The predicted molar refractivity (Wildman–Crippen MR) is 35.3 cm³/mol. The van der Waals surface area contributed by atoms with Gasteiger partial charge in [0, 0.05) is 5.92 Å². The van der Waals surface area contributed by atoms with E-state index in [1.165, 1.54) is 6.42 Å². The summed E-state index contributed by atoms with van der Waals surface area (Å²) in [5.74, 6) is 0.825. The lowest BCUT2D eigenvalue weighted by Gasteiger charge is -2.21. The highest BCUT2D eigenvalue weighted by molar-refractivity contribution is 5.85. The average molecular weight is 135 g/mol. The Morgan fingerprint density at radius 1 is 1.50 bits per heavy atom. The molecule has 0 aromatic rings. The van der Waals surface area contributed by atoms with Gasteiger partial charge in [-0.1, -0.05) is 6.42 Å². The summed E-state index contributed by atoms with van der Waals surface area (Å²) in [4.78, 5) is 10.4. The van der Waals surface area contributed by atoms with E-state index in [-0.39, 0.29) is 12.4 Å². The van der Waals surface area contributed by atoms with Crippen LogP contribution in [0, 0.1) is 5.92 Å². The van der Waals surface area contributed by atoms with E-state index in [0.29, 0.717) is 11.7 Å². The van der Waals surface area contributed by atoms with Crippen molar-refractivity contribution in [2.75, 3.05) is 0 Å². The van der Waals surface area contributed by atoms with Crippen molar-refractivity contribution in [3.63, 3.8) is 0 Å². The van der Waals surface area contributed by atoms with Gasteiger partial charge in [0.1, 0.15) is 5.78 Å². The van der Waals surface area contributed by atoms with Crippen LogP contribution in [0.1, 0.15) is 26.2 Å². The monoisotopic (exact) mass is 134 g/mol. The van der Waals surface area contributed by atoms with Crippen molar-refractivity contribution in [3.8, 4) is 0 Å². The summed E-state index contributed by atoms with van der Waals surface area (Å²) in [6.45, 7) is 1.68. The van der Waals surface area contributed by atoms with Crippen molar-refractivity contribution in [2.45, 2.75) is 26.2 Å². The number of hydrogen-bond donors (Lipinski definition) is 0. The Morgan fingerprint density at radius 3 is 2.00 bits per heavy atom. The van der Waals surface area contributed by atoms with E-state index in [9.17, 15) is 4.79 Å². The first-order valence-electron chi connectivity index (χ1n) is 2.81. The largest absolute Gasteiger partial charge is 0.300 e. The molecule has 1 aliphatic carbocycles. The smallest absolute Gasteiger partial charge is 0.132 e. The van der Waals surface area contributed by atoms with E-state index in [2.05, 4.69) is 0 Å². The molecule has 1 nitrogen and oxygen atoms in total. The van der Waals surface area contributed by atoms with Crippen LogP contribution in [0.2, 0.25) is 0 Å². The molecule has 0 N–H and O–H groups in total. The van der Waals surface area contributed by atoms with Crippen LogP contribution in [0.3, 0.4) is 0 Å². The molecule has 2 heteroatoms. The summed E-state index contributed by atoms with van der Waals surface area (Å²) >= 11 is 0. The minimum Gasteiger partial charge on any atom is -0.300 e. The number of halogens is 1. The predicted octanol–water partition coefficient (Wildman–Crippen LogP) is 1.80. The molecule has 1 aliphatic rings. The van der Waals surface area contributed by atoms with Crippen molar-refractivity contribution in [3.05, 3.63) is 0 Å². The van der Waals surface area contributed by atoms with Crippen LogP contribution in [0.5, 0.6) is 0 Å². The van der Waals surface area contributed by atoms with Gasteiger partial charge in [-0.05, 0) is 19.8 Å². The molecule has 0 amide bonds. The van der Waals surface area contributed by atoms with Gasteiger partial charge in [0.05, 0.1) is 0 Å². The first-order valence-corrected chi connectivity index (χ1v) is 2.81. The fourth-order valence-corrected chi connectivity index (χ4v) is 0.815. The van der Waals surface area contributed by atoms with Crippen molar-refractivity contribution >= 4 is 18.2 Å². The zero-order valence-electron chi connectivity index (χ0n) is 5.02. The molecule has 1 fully saturated rings. The lowest BCUT2D eigenvalue weighted by Crippen LogP contribution is -2.18. The van der Waals surface area contributed by atoms with Gasteiger partial charge in [0.15, 0.2) is 0 Å². The normalized spacial score (nSPS) is 18.6. The Labute approximate surface area is 55.9 Å². The lowest BCUT2D eigenvalue weighted by molar-refractivity contribution is -0.122. The second kappa shape index (κ2) is 3.08. The van der Waals surface area contributed by atoms with Crippen LogP contribution in [-0.4, -0.2) is 5.78 Å². The highest BCUT2D eigenvalue weighted by atomic mass is 35.5. The molecule has 0 aromatic heterocycles. The number of ketones is 1. The second-order valence-corrected chi connectivity index (χ2v) is 2.24. The third-order valence-corrected chi connectivity index (χ3v) is 1.68. The molecule has 1 saturated carbocycles. The van der Waals surface area contributed by atoms with E-state index in [0.717, 1.165) is 12.8 Å². The Hall–Kier alpha value is -0.0400. The van der Waals surface area contributed by atoms with Crippen molar-refractivity contribution < 1.29 is 4.79 Å². The topological polar surface area (TPSA) is 17.1 Å². The molecular weight excluding hydrogens is 124 g/mol. The zero-order chi connectivity index (χ0) is 5.28. The first kappa shape index (κ1) is 7.96. The maximum atomic E-state index is 10.4. The fourth-order valence-electron chi connectivity index (χ4n) is 0.815. The van der Waals surface area contributed by atoms with Gasteiger partial charge < -0.3 is 0 Å². The second-order valence-electron chi connectivity index (χ2n) is 2.24. The highest BCUT2D eigenvalue weighted by Crippen LogP contribution is 2.26. The van der Waals surface area contributed by atoms with Crippen molar-refractivity contribution in [1.82, 2.24) is 0 Å². The molecule has 0 unspecified atom stereocenters. The molecule has 0 bridgehead atoms. The molecule has 0 spiro atoms. The van der Waals surface area contributed by atoms with Gasteiger partial charge in [-0.2, -0.15) is 0 Å². The molecule has 0 saturated heterocycles. The number of carbonyl (C=O) groups is 1. The highest BCUT2D eigenvalue weighted by Gasteiger charge is 2.20. The number of carbonyl (C=O) groups excluding carboxylic acids is 1. The van der Waals surface area contributed by atoms with Gasteiger partial charge in [-0.3, -0.25) is 4.79 Å². The molecule has 0 heterocycles. The van der Waals surface area contributed by atoms with E-state index in [4.69, 9.17) is 0 Å². The van der Waals surface area contributed by atoms with Crippen LogP contribution in [0.25, 0.3) is 0 Å². The van der Waals surface area contributed by atoms with Crippen LogP contribution < -0.4 is 0 Å². The fraction of sp³-hybridized carbons (Fsp3) is 0.833. The molecule has 0 aromatic carbocycles. The maximum Gasteiger partial charge on any atom is 0.132 e. The van der Waals surface area contributed by atoms with Crippen LogP contribution in [0.15, 0.2) is 0 Å². The Bertz CT molecular complexity index is 86.5. The summed E-state index contributed by atoms with van der Waals surface area (Å²) in [6.07, 6.45) is 3.56. The quantitative estimate of drug-likeness (QED) is 0.535. The average Bonchev–Trinajstić information content (AvgIpc) is 1.23. The van der Waals surface area contributed by atoms with E-state index in [1.54, 1.807) is 6.92 Å². The molecule has 8 heavy (non-hydrogen) atoms. The molecule has 0 atom stereocenters. The van der Waals surface area contributed by atoms with Crippen molar-refractivity contribution in [1.29, 1.82) is 0 Å². The minimum atomic E-state index is 0. The van der Waals surface area contributed by atoms with E-state index >= 15 is 0 Å². The summed E-state index contributed by atoms with van der Waals surface area (Å²) in [5.41, 5.74) is 0. The van der Waals surface area contributed by atoms with E-state index < -0.39 is 0 Å². The SMILES string of the molecule is CC(=O)C1CCC1.Cl. The molecule has 0 radical (unpaired) electrons.